The van der Waals surface area contributed by atoms with E-state index in [4.69, 9.17) is 18.0 Å². The number of nitrogens with two attached hydrogens (primary N) is 1. The van der Waals surface area contributed by atoms with E-state index in [1.807, 2.05) is 30.5 Å². The fraction of sp³-hybridized carbons (Fsp3) is 0.133. The van der Waals surface area contributed by atoms with Crippen LogP contribution < -0.4 is 11.1 Å². The minimum absolute atomic E-state index is 0.224. The molecule has 0 unspecified atom stereocenters. The van der Waals surface area contributed by atoms with Gasteiger partial charge in [0.2, 0.25) is 0 Å². The van der Waals surface area contributed by atoms with Gasteiger partial charge in [0.25, 0.3) is 0 Å². The summed E-state index contributed by atoms with van der Waals surface area (Å²) in [5, 5.41) is 3.21. The van der Waals surface area contributed by atoms with Crippen molar-refractivity contribution in [3.8, 4) is 0 Å². The molecule has 20 heavy (non-hydrogen) atoms. The summed E-state index contributed by atoms with van der Waals surface area (Å²) in [6, 6.07) is 12.5. The normalized spacial score (nSPS) is 10.3. The average Bonchev–Trinajstić information content (AvgIpc) is 2.45. The maximum absolute atomic E-state index is 13.6. The third kappa shape index (κ3) is 3.29. The van der Waals surface area contributed by atoms with Crippen LogP contribution in [-0.2, 0) is 6.54 Å². The van der Waals surface area contributed by atoms with Gasteiger partial charge in [-0.05, 0) is 24.5 Å². The summed E-state index contributed by atoms with van der Waals surface area (Å²) in [6.45, 7) is 0.389. The van der Waals surface area contributed by atoms with Crippen LogP contribution in [0.3, 0.4) is 0 Å². The van der Waals surface area contributed by atoms with Crippen LogP contribution in [0.2, 0.25) is 0 Å². The van der Waals surface area contributed by atoms with E-state index in [1.54, 1.807) is 23.9 Å². The third-order valence-electron chi connectivity index (χ3n) is 2.92. The zero-order chi connectivity index (χ0) is 14.5. The Bertz CT molecular complexity index is 629. The Morgan fingerprint density at radius 3 is 2.65 bits per heavy atom. The highest BCUT2D eigenvalue weighted by molar-refractivity contribution is 7.98. The fourth-order valence-corrected chi connectivity index (χ4v) is 2.86. The molecule has 0 heterocycles. The Labute approximate surface area is 127 Å². The van der Waals surface area contributed by atoms with Crippen molar-refractivity contribution in [1.82, 2.24) is 0 Å². The van der Waals surface area contributed by atoms with Crippen LogP contribution in [0.4, 0.5) is 10.1 Å². The number of nitrogens with one attached hydrogen (secondary N) is 1. The van der Waals surface area contributed by atoms with Crippen molar-refractivity contribution in [2.24, 2.45) is 5.73 Å². The first-order chi connectivity index (χ1) is 9.63. The molecule has 0 bridgehead atoms. The number of thiocarbonyl (C=S) groups is 1. The molecule has 2 rings (SSSR count). The number of hydrogen-bond acceptors (Lipinski definition) is 3. The third-order valence-corrected chi connectivity index (χ3v) is 3.90. The highest BCUT2D eigenvalue weighted by Crippen LogP contribution is 2.27. The minimum atomic E-state index is -0.224. The molecule has 0 fully saturated rings. The van der Waals surface area contributed by atoms with Gasteiger partial charge < -0.3 is 11.1 Å². The molecule has 3 N–H and O–H groups in total. The van der Waals surface area contributed by atoms with Gasteiger partial charge in [0.1, 0.15) is 10.8 Å². The SMILES string of the molecule is CSc1cccc(NCc2ccccc2F)c1C(N)=S. The quantitative estimate of drug-likeness (QED) is 0.651. The molecule has 0 saturated heterocycles. The zero-order valence-corrected chi connectivity index (χ0v) is 12.7. The smallest absolute Gasteiger partial charge is 0.128 e. The largest absolute Gasteiger partial charge is 0.389 e. The molecule has 0 aromatic heterocycles. The van der Waals surface area contributed by atoms with Gasteiger partial charge in [-0.3, -0.25) is 0 Å². The number of thioether (sulfide) groups is 1. The highest BCUT2D eigenvalue weighted by atomic mass is 32.2. The number of benzene rings is 2. The molecule has 0 aliphatic heterocycles. The summed E-state index contributed by atoms with van der Waals surface area (Å²) in [6.07, 6.45) is 1.97. The monoisotopic (exact) mass is 306 g/mol. The molecule has 0 saturated carbocycles. The van der Waals surface area contributed by atoms with Crippen LogP contribution in [0.25, 0.3) is 0 Å². The lowest BCUT2D eigenvalue weighted by Crippen LogP contribution is -2.14. The highest BCUT2D eigenvalue weighted by Gasteiger charge is 2.10. The molecule has 0 radical (unpaired) electrons. The van der Waals surface area contributed by atoms with E-state index in [0.29, 0.717) is 17.1 Å². The predicted octanol–water partition coefficient (Wildman–Crippen LogP) is 3.79. The number of rotatable bonds is 5. The minimum Gasteiger partial charge on any atom is -0.389 e. The van der Waals surface area contributed by atoms with Crippen LogP contribution in [0.5, 0.6) is 0 Å². The van der Waals surface area contributed by atoms with Gasteiger partial charge in [-0.25, -0.2) is 4.39 Å². The Balaban J connectivity index is 2.26. The first-order valence-corrected chi connectivity index (χ1v) is 7.71. The van der Waals surface area contributed by atoms with Gasteiger partial charge in [-0.2, -0.15) is 0 Å². The van der Waals surface area contributed by atoms with Crippen LogP contribution in [0.15, 0.2) is 47.4 Å². The molecule has 5 heteroatoms. The summed E-state index contributed by atoms with van der Waals surface area (Å²) in [5.74, 6) is -0.224. The Morgan fingerprint density at radius 1 is 1.25 bits per heavy atom. The average molecular weight is 306 g/mol. The molecule has 0 aliphatic rings. The van der Waals surface area contributed by atoms with Gasteiger partial charge >= 0.3 is 0 Å². The molecular weight excluding hydrogens is 291 g/mol. The van der Waals surface area contributed by atoms with E-state index < -0.39 is 0 Å². The van der Waals surface area contributed by atoms with Gasteiger partial charge in [-0.1, -0.05) is 36.5 Å². The Morgan fingerprint density at radius 2 is 2.00 bits per heavy atom. The lowest BCUT2D eigenvalue weighted by atomic mass is 10.1. The first kappa shape index (κ1) is 14.8. The second-order valence-corrected chi connectivity index (χ2v) is 5.48. The molecule has 2 nitrogen and oxygen atoms in total. The molecule has 0 aliphatic carbocycles. The summed E-state index contributed by atoms with van der Waals surface area (Å²) in [5.41, 5.74) is 8.04. The van der Waals surface area contributed by atoms with Crippen LogP contribution >= 0.6 is 24.0 Å². The van der Waals surface area contributed by atoms with Crippen LogP contribution in [-0.4, -0.2) is 11.2 Å². The molecule has 0 spiro atoms. The Hall–Kier alpha value is -1.59. The lowest BCUT2D eigenvalue weighted by molar-refractivity contribution is 0.613. The van der Waals surface area contributed by atoms with E-state index in [0.717, 1.165) is 16.1 Å². The topological polar surface area (TPSA) is 38.0 Å². The van der Waals surface area contributed by atoms with E-state index in [2.05, 4.69) is 5.32 Å². The number of hydrogen-bond donors (Lipinski definition) is 2. The van der Waals surface area contributed by atoms with E-state index in [1.165, 1.54) is 6.07 Å². The first-order valence-electron chi connectivity index (χ1n) is 6.07. The van der Waals surface area contributed by atoms with Crippen LogP contribution in [0, 0.1) is 5.82 Å². The summed E-state index contributed by atoms with van der Waals surface area (Å²) in [7, 11) is 0. The van der Waals surface area contributed by atoms with Crippen molar-refractivity contribution in [3.63, 3.8) is 0 Å². The van der Waals surface area contributed by atoms with Crippen molar-refractivity contribution < 1.29 is 4.39 Å². The van der Waals surface area contributed by atoms with Crippen molar-refractivity contribution >= 4 is 34.7 Å². The maximum atomic E-state index is 13.6. The lowest BCUT2D eigenvalue weighted by Gasteiger charge is -2.14. The van der Waals surface area contributed by atoms with Gasteiger partial charge in [0.15, 0.2) is 0 Å². The number of halogens is 1. The van der Waals surface area contributed by atoms with Crippen LogP contribution in [0.1, 0.15) is 11.1 Å². The second-order valence-electron chi connectivity index (χ2n) is 4.19. The van der Waals surface area contributed by atoms with Crippen molar-refractivity contribution in [2.75, 3.05) is 11.6 Å². The molecule has 104 valence electrons. The van der Waals surface area contributed by atoms with Gasteiger partial charge in [0, 0.05) is 28.3 Å². The van der Waals surface area contributed by atoms with Crippen molar-refractivity contribution in [1.29, 1.82) is 0 Å². The van der Waals surface area contributed by atoms with Gasteiger partial charge in [0.05, 0.1) is 0 Å². The second kappa shape index (κ2) is 6.72. The Kier molecular flexibility index (Phi) is 4.98. The predicted molar refractivity (Wildman–Crippen MR) is 87.8 cm³/mol. The molecule has 2 aromatic rings. The summed E-state index contributed by atoms with van der Waals surface area (Å²) in [4.78, 5) is 1.35. The maximum Gasteiger partial charge on any atom is 0.128 e. The van der Waals surface area contributed by atoms with Crippen molar-refractivity contribution in [2.45, 2.75) is 11.4 Å². The van der Waals surface area contributed by atoms with Gasteiger partial charge in [-0.15, -0.1) is 11.8 Å². The number of anilines is 1. The fourth-order valence-electron chi connectivity index (χ4n) is 1.93. The molecule has 0 amide bonds. The molecule has 0 atom stereocenters. The molecular formula is C15H15FN2S2. The zero-order valence-electron chi connectivity index (χ0n) is 11.0. The summed E-state index contributed by atoms with van der Waals surface area (Å²) < 4.78 is 13.6. The van der Waals surface area contributed by atoms with E-state index in [-0.39, 0.29) is 5.82 Å². The summed E-state index contributed by atoms with van der Waals surface area (Å²) >= 11 is 6.69. The van der Waals surface area contributed by atoms with E-state index in [9.17, 15) is 4.39 Å². The van der Waals surface area contributed by atoms with Crippen molar-refractivity contribution in [3.05, 3.63) is 59.4 Å². The molecule has 2 aromatic carbocycles. The van der Waals surface area contributed by atoms with E-state index >= 15 is 0 Å². The standard InChI is InChI=1S/C15H15FN2S2/c1-20-13-8-4-7-12(14(13)15(17)19)18-9-10-5-2-3-6-11(10)16/h2-8,18H,9H2,1H3,(H2,17,19).